The van der Waals surface area contributed by atoms with E-state index >= 15 is 0 Å². The van der Waals surface area contributed by atoms with Gasteiger partial charge < -0.3 is 0 Å². The monoisotopic (exact) mass is 160 g/mol. The minimum Gasteiger partial charge on any atom is -0.158 e. The predicted molar refractivity (Wildman–Crippen MR) is 51.4 cm³/mol. The van der Waals surface area contributed by atoms with Crippen molar-refractivity contribution in [3.05, 3.63) is 35.7 Å². The Hall–Kier alpha value is -1.44. The van der Waals surface area contributed by atoms with E-state index in [0.717, 1.165) is 11.1 Å². The van der Waals surface area contributed by atoms with Crippen LogP contribution in [-0.2, 0) is 0 Å². The third kappa shape index (κ3) is 2.02. The molecular weight excluding hydrogens is 148 g/mol. The molecule has 0 saturated carbocycles. The van der Waals surface area contributed by atoms with E-state index in [1.54, 1.807) is 18.5 Å². The molecule has 1 heterocycles. The first-order valence-electron chi connectivity index (χ1n) is 3.82. The van der Waals surface area contributed by atoms with Crippen LogP contribution in [0.25, 0.3) is 12.2 Å². The molecule has 1 aromatic rings. The number of hydrogen-bond acceptors (Lipinski definition) is 2. The van der Waals surface area contributed by atoms with Crippen molar-refractivity contribution in [2.45, 2.75) is 13.8 Å². The summed E-state index contributed by atoms with van der Waals surface area (Å²) in [7, 11) is 0. The number of allylic oxidation sites excluding steroid dienone is 1. The molecule has 0 radical (unpaired) electrons. The van der Waals surface area contributed by atoms with E-state index in [2.05, 4.69) is 22.9 Å². The average Bonchev–Trinajstić information content (AvgIpc) is 2.04. The van der Waals surface area contributed by atoms with E-state index in [4.69, 9.17) is 0 Å². The predicted octanol–water partition coefficient (Wildman–Crippen LogP) is 2.54. The lowest BCUT2D eigenvalue weighted by Crippen LogP contribution is -1.86. The second kappa shape index (κ2) is 3.81. The minimum atomic E-state index is 1.02. The fourth-order valence-electron chi connectivity index (χ4n) is 0.942. The summed E-state index contributed by atoms with van der Waals surface area (Å²) in [6.45, 7) is 7.80. The van der Waals surface area contributed by atoms with Gasteiger partial charge in [-0.3, -0.25) is 0 Å². The Bertz CT molecular complexity index is 309. The second-order valence-corrected chi connectivity index (χ2v) is 2.83. The zero-order chi connectivity index (χ0) is 8.97. The third-order valence-corrected chi connectivity index (χ3v) is 1.46. The molecule has 0 aliphatic carbocycles. The molecule has 0 spiro atoms. The van der Waals surface area contributed by atoms with Gasteiger partial charge in [-0.25, -0.2) is 0 Å². The second-order valence-electron chi connectivity index (χ2n) is 2.83. The molecule has 0 saturated heterocycles. The molecule has 62 valence electrons. The maximum atomic E-state index is 3.80. The van der Waals surface area contributed by atoms with Gasteiger partial charge in [0.05, 0.1) is 12.4 Å². The van der Waals surface area contributed by atoms with Crippen molar-refractivity contribution in [1.29, 1.82) is 0 Å². The van der Waals surface area contributed by atoms with Crippen LogP contribution in [0.3, 0.4) is 0 Å². The van der Waals surface area contributed by atoms with Crippen molar-refractivity contribution in [1.82, 2.24) is 10.2 Å². The molecule has 1 rings (SSSR count). The van der Waals surface area contributed by atoms with Crippen LogP contribution in [-0.4, -0.2) is 10.2 Å². The maximum absolute atomic E-state index is 3.80. The largest absolute Gasteiger partial charge is 0.158 e. The van der Waals surface area contributed by atoms with Gasteiger partial charge >= 0.3 is 0 Å². The zero-order valence-electron chi connectivity index (χ0n) is 7.41. The van der Waals surface area contributed by atoms with Crippen LogP contribution in [0, 0.1) is 0 Å². The minimum absolute atomic E-state index is 1.02. The fourth-order valence-corrected chi connectivity index (χ4v) is 0.942. The molecule has 0 aliphatic rings. The van der Waals surface area contributed by atoms with E-state index in [1.165, 1.54) is 5.57 Å². The lowest BCUT2D eigenvalue weighted by atomic mass is 10.1. The maximum Gasteiger partial charge on any atom is 0.0574 e. The van der Waals surface area contributed by atoms with Gasteiger partial charge in [-0.1, -0.05) is 24.3 Å². The number of rotatable bonds is 2. The van der Waals surface area contributed by atoms with Crippen molar-refractivity contribution in [2.24, 2.45) is 0 Å². The molecule has 2 heteroatoms. The first-order chi connectivity index (χ1) is 5.74. The van der Waals surface area contributed by atoms with Gasteiger partial charge in [0, 0.05) is 11.1 Å². The molecular formula is C10H12N2. The Morgan fingerprint density at radius 1 is 1.25 bits per heavy atom. The molecule has 12 heavy (non-hydrogen) atoms. The summed E-state index contributed by atoms with van der Waals surface area (Å²) < 4.78 is 0. The summed E-state index contributed by atoms with van der Waals surface area (Å²) in [6.07, 6.45) is 7.29. The molecule has 0 aromatic carbocycles. The van der Waals surface area contributed by atoms with Gasteiger partial charge in [0.25, 0.3) is 0 Å². The summed E-state index contributed by atoms with van der Waals surface area (Å²) in [5.74, 6) is 0. The van der Waals surface area contributed by atoms with Crippen molar-refractivity contribution >= 4 is 12.2 Å². The van der Waals surface area contributed by atoms with Gasteiger partial charge in [0.1, 0.15) is 0 Å². The highest BCUT2D eigenvalue weighted by Crippen LogP contribution is 2.10. The average molecular weight is 160 g/mol. The molecule has 1 aromatic heterocycles. The number of aromatic nitrogens is 2. The van der Waals surface area contributed by atoms with Crippen LogP contribution in [0.4, 0.5) is 0 Å². The van der Waals surface area contributed by atoms with E-state index in [0.29, 0.717) is 0 Å². The highest BCUT2D eigenvalue weighted by molar-refractivity contribution is 5.63. The molecule has 2 nitrogen and oxygen atoms in total. The Morgan fingerprint density at radius 2 is 1.83 bits per heavy atom. The summed E-state index contributed by atoms with van der Waals surface area (Å²) in [5, 5.41) is 7.58. The Labute approximate surface area is 72.6 Å². The smallest absolute Gasteiger partial charge is 0.0574 e. The van der Waals surface area contributed by atoms with E-state index < -0.39 is 0 Å². The van der Waals surface area contributed by atoms with Crippen LogP contribution in [0.15, 0.2) is 24.5 Å². The Kier molecular flexibility index (Phi) is 2.75. The third-order valence-electron chi connectivity index (χ3n) is 1.46. The molecule has 0 N–H and O–H groups in total. The van der Waals surface area contributed by atoms with Gasteiger partial charge in [-0.05, 0) is 13.8 Å². The van der Waals surface area contributed by atoms with Crippen molar-refractivity contribution < 1.29 is 0 Å². The van der Waals surface area contributed by atoms with E-state index in [-0.39, 0.29) is 0 Å². The Morgan fingerprint density at radius 3 is 2.33 bits per heavy atom. The topological polar surface area (TPSA) is 25.8 Å². The molecule has 0 unspecified atom stereocenters. The molecule has 0 atom stereocenters. The highest BCUT2D eigenvalue weighted by Gasteiger charge is 1.94. The van der Waals surface area contributed by atoms with Gasteiger partial charge in [-0.15, -0.1) is 0 Å². The van der Waals surface area contributed by atoms with Crippen molar-refractivity contribution in [3.8, 4) is 0 Å². The number of hydrogen-bond donors (Lipinski definition) is 0. The lowest BCUT2D eigenvalue weighted by molar-refractivity contribution is 1.02. The molecule has 0 fully saturated rings. The van der Waals surface area contributed by atoms with E-state index in [9.17, 15) is 0 Å². The zero-order valence-corrected chi connectivity index (χ0v) is 7.41. The van der Waals surface area contributed by atoms with Crippen LogP contribution >= 0.6 is 0 Å². The molecule has 0 bridgehead atoms. The van der Waals surface area contributed by atoms with Gasteiger partial charge in [-0.2, -0.15) is 10.2 Å². The summed E-state index contributed by atoms with van der Waals surface area (Å²) in [6, 6.07) is 0. The first kappa shape index (κ1) is 8.65. The first-order valence-corrected chi connectivity index (χ1v) is 3.82. The van der Waals surface area contributed by atoms with Crippen LogP contribution in [0.2, 0.25) is 0 Å². The summed E-state index contributed by atoms with van der Waals surface area (Å²) >= 11 is 0. The summed E-state index contributed by atoms with van der Waals surface area (Å²) in [4.78, 5) is 0. The SMILES string of the molecule is C=Cc1cnncc1C=C(C)C. The highest BCUT2D eigenvalue weighted by atomic mass is 15.1. The van der Waals surface area contributed by atoms with Crippen LogP contribution < -0.4 is 0 Å². The standard InChI is InChI=1S/C10H12N2/c1-4-9-6-11-12-7-10(9)5-8(2)3/h4-7H,1H2,2-3H3. The number of nitrogens with zero attached hydrogens (tertiary/aromatic N) is 2. The van der Waals surface area contributed by atoms with Crippen molar-refractivity contribution in [2.75, 3.05) is 0 Å². The molecule has 0 aliphatic heterocycles. The van der Waals surface area contributed by atoms with Crippen LogP contribution in [0.1, 0.15) is 25.0 Å². The Balaban J connectivity index is 3.14. The van der Waals surface area contributed by atoms with Crippen LogP contribution in [0.5, 0.6) is 0 Å². The quantitative estimate of drug-likeness (QED) is 0.664. The van der Waals surface area contributed by atoms with Gasteiger partial charge in [0.15, 0.2) is 0 Å². The van der Waals surface area contributed by atoms with Crippen molar-refractivity contribution in [3.63, 3.8) is 0 Å². The lowest BCUT2D eigenvalue weighted by Gasteiger charge is -1.98. The van der Waals surface area contributed by atoms with E-state index in [1.807, 2.05) is 13.8 Å². The summed E-state index contributed by atoms with van der Waals surface area (Å²) in [5.41, 5.74) is 3.33. The normalized spacial score (nSPS) is 9.17. The molecule has 0 amide bonds. The fraction of sp³-hybridized carbons (Fsp3) is 0.200. The van der Waals surface area contributed by atoms with Gasteiger partial charge in [0.2, 0.25) is 0 Å².